The first-order valence-electron chi connectivity index (χ1n) is 22.3. The summed E-state index contributed by atoms with van der Waals surface area (Å²) in [7, 11) is 0. The molecule has 0 aliphatic carbocycles. The molecule has 0 bridgehead atoms. The zero-order valence-corrected chi connectivity index (χ0v) is 38.8. The van der Waals surface area contributed by atoms with Gasteiger partial charge in [-0.15, -0.1) is 0 Å². The zero-order valence-electron chi connectivity index (χ0n) is 34.5. The molecular formula is C48H72I2N2O2. The molecule has 0 saturated carbocycles. The van der Waals surface area contributed by atoms with Gasteiger partial charge in [0, 0.05) is 31.4 Å². The maximum Gasteiger partial charge on any atom is 0.259 e. The summed E-state index contributed by atoms with van der Waals surface area (Å²) in [5.74, 6) is 0.969. The third-order valence-corrected chi connectivity index (χ3v) is 13.3. The lowest BCUT2D eigenvalue weighted by atomic mass is 9.93. The molecule has 0 spiro atoms. The van der Waals surface area contributed by atoms with Crippen LogP contribution in [0.3, 0.4) is 0 Å². The summed E-state index contributed by atoms with van der Waals surface area (Å²) in [6, 6.07) is 12.8. The first-order valence-corrected chi connectivity index (χ1v) is 24.5. The van der Waals surface area contributed by atoms with E-state index >= 15 is 0 Å². The van der Waals surface area contributed by atoms with Crippen LogP contribution in [0, 0.1) is 19.0 Å². The van der Waals surface area contributed by atoms with Crippen LogP contribution in [0.4, 0.5) is 11.4 Å². The molecule has 0 saturated heterocycles. The van der Waals surface area contributed by atoms with Gasteiger partial charge in [-0.05, 0) is 107 Å². The van der Waals surface area contributed by atoms with Crippen molar-refractivity contribution in [3.63, 3.8) is 0 Å². The van der Waals surface area contributed by atoms with Gasteiger partial charge in [0.25, 0.3) is 11.8 Å². The number of amides is 2. The van der Waals surface area contributed by atoms with Crippen molar-refractivity contribution >= 4 is 79.5 Å². The van der Waals surface area contributed by atoms with Crippen molar-refractivity contribution in [2.45, 2.75) is 182 Å². The highest BCUT2D eigenvalue weighted by molar-refractivity contribution is 14.1. The van der Waals surface area contributed by atoms with Crippen LogP contribution in [0.1, 0.15) is 193 Å². The van der Waals surface area contributed by atoms with Gasteiger partial charge < -0.3 is 9.80 Å². The van der Waals surface area contributed by atoms with E-state index in [1.807, 2.05) is 0 Å². The van der Waals surface area contributed by atoms with E-state index < -0.39 is 0 Å². The first kappa shape index (κ1) is 45.3. The number of halogens is 2. The smallest absolute Gasteiger partial charge is 0.259 e. The van der Waals surface area contributed by atoms with E-state index in [2.05, 4.69) is 119 Å². The number of nitrogens with zero attached hydrogens (tertiary/aromatic N) is 2. The minimum atomic E-state index is 0.0198. The van der Waals surface area contributed by atoms with E-state index in [-0.39, 0.29) is 11.8 Å². The van der Waals surface area contributed by atoms with E-state index in [0.29, 0.717) is 23.0 Å². The number of fused-ring (bicyclic) bond motifs is 2. The number of benzene rings is 2. The Kier molecular flexibility index (Phi) is 21.0. The van der Waals surface area contributed by atoms with Gasteiger partial charge in [-0.1, -0.05) is 168 Å². The molecule has 0 N–H and O–H groups in total. The van der Waals surface area contributed by atoms with Crippen LogP contribution in [-0.4, -0.2) is 24.9 Å². The molecule has 2 aromatic rings. The normalized spacial score (nSPS) is 16.4. The van der Waals surface area contributed by atoms with E-state index in [1.165, 1.54) is 141 Å². The van der Waals surface area contributed by atoms with Crippen LogP contribution < -0.4 is 9.80 Å². The molecule has 2 amide bonds. The van der Waals surface area contributed by atoms with Gasteiger partial charge in [0.2, 0.25) is 0 Å². The van der Waals surface area contributed by atoms with Crippen LogP contribution in [0.15, 0.2) is 36.4 Å². The molecule has 2 unspecified atom stereocenters. The van der Waals surface area contributed by atoms with Gasteiger partial charge in [0.05, 0.1) is 22.5 Å². The minimum Gasteiger partial charge on any atom is -0.307 e. The second-order valence-electron chi connectivity index (χ2n) is 16.4. The standard InChI is InChI=1S/C48H72I2N2O2/c1-5-9-13-17-19-23-27-37(25-21-15-11-7-3)35-51-43-33-39(49)29-31-41(43)45(47(51)53)46-42-32-30-40(50)34-44(42)52(48(46)54)36-38(26-22-16-12-8-4)28-24-20-18-14-10-6-2/h29-34,37-38H,5-28,35-36H2,1-4H3. The van der Waals surface area contributed by atoms with Crippen LogP contribution >= 0.6 is 45.2 Å². The maximum atomic E-state index is 14.9. The average molecular weight is 963 g/mol. The Morgan fingerprint density at radius 2 is 0.741 bits per heavy atom. The fourth-order valence-electron chi connectivity index (χ4n) is 8.76. The Labute approximate surface area is 357 Å². The van der Waals surface area contributed by atoms with Crippen LogP contribution in [0.2, 0.25) is 0 Å². The topological polar surface area (TPSA) is 40.6 Å². The Morgan fingerprint density at radius 1 is 0.444 bits per heavy atom. The number of carbonyl (C=O) groups excluding carboxylic acids is 2. The molecule has 4 rings (SSSR count). The molecule has 6 heteroatoms. The van der Waals surface area contributed by atoms with Crippen molar-refractivity contribution < 1.29 is 9.59 Å². The van der Waals surface area contributed by atoms with Crippen LogP contribution in [-0.2, 0) is 9.59 Å². The molecule has 54 heavy (non-hydrogen) atoms. The van der Waals surface area contributed by atoms with Crippen molar-refractivity contribution in [3.8, 4) is 0 Å². The molecule has 2 heterocycles. The van der Waals surface area contributed by atoms with Crippen molar-refractivity contribution in [1.82, 2.24) is 0 Å². The maximum absolute atomic E-state index is 14.9. The molecule has 0 aromatic heterocycles. The minimum absolute atomic E-state index is 0.0198. The van der Waals surface area contributed by atoms with Crippen molar-refractivity contribution in [1.29, 1.82) is 0 Å². The van der Waals surface area contributed by atoms with Gasteiger partial charge >= 0.3 is 0 Å². The largest absolute Gasteiger partial charge is 0.307 e. The van der Waals surface area contributed by atoms with Gasteiger partial charge in [-0.25, -0.2) is 0 Å². The Balaban J connectivity index is 1.63. The number of hydrogen-bond donors (Lipinski definition) is 0. The van der Waals surface area contributed by atoms with Crippen molar-refractivity contribution in [3.05, 3.63) is 54.7 Å². The number of carbonyl (C=O) groups is 2. The van der Waals surface area contributed by atoms with E-state index in [9.17, 15) is 9.59 Å². The van der Waals surface area contributed by atoms with Crippen LogP contribution in [0.5, 0.6) is 0 Å². The summed E-state index contributed by atoms with van der Waals surface area (Å²) in [5.41, 5.74) is 5.09. The lowest BCUT2D eigenvalue weighted by molar-refractivity contribution is -0.114. The highest BCUT2D eigenvalue weighted by atomic mass is 127. The Morgan fingerprint density at radius 3 is 1.07 bits per heavy atom. The summed E-state index contributed by atoms with van der Waals surface area (Å²) in [4.78, 5) is 34.0. The molecule has 0 radical (unpaired) electrons. The predicted molar refractivity (Wildman–Crippen MR) is 250 cm³/mol. The highest BCUT2D eigenvalue weighted by Gasteiger charge is 2.43. The first-order chi connectivity index (χ1) is 26.3. The lowest BCUT2D eigenvalue weighted by Crippen LogP contribution is -2.34. The molecule has 2 aliphatic rings. The second kappa shape index (κ2) is 25.0. The fourth-order valence-corrected chi connectivity index (χ4v) is 9.71. The predicted octanol–water partition coefficient (Wildman–Crippen LogP) is 15.2. The highest BCUT2D eigenvalue weighted by Crippen LogP contribution is 2.48. The van der Waals surface area contributed by atoms with Gasteiger partial charge in [0.15, 0.2) is 0 Å². The molecule has 2 aromatic carbocycles. The number of anilines is 2. The summed E-state index contributed by atoms with van der Waals surface area (Å²) >= 11 is 4.76. The molecule has 4 nitrogen and oxygen atoms in total. The molecular weight excluding hydrogens is 890 g/mol. The molecule has 2 atom stereocenters. The SMILES string of the molecule is CCCCCCCCC(CCCCCC)CN1C(=O)C(=C2C(=O)N(CC(CCCCCC)CCCCCCCC)c3cc(I)ccc32)c2ccc(I)cc21. The molecule has 2 aliphatic heterocycles. The summed E-state index contributed by atoms with van der Waals surface area (Å²) in [5, 5.41) is 0. The number of rotatable bonds is 28. The van der Waals surface area contributed by atoms with Gasteiger partial charge in [0.1, 0.15) is 0 Å². The third kappa shape index (κ3) is 13.3. The lowest BCUT2D eigenvalue weighted by Gasteiger charge is -2.25. The Bertz CT molecular complexity index is 1380. The van der Waals surface area contributed by atoms with E-state index in [1.54, 1.807) is 0 Å². The van der Waals surface area contributed by atoms with E-state index in [4.69, 9.17) is 0 Å². The Hall–Kier alpha value is -1.42. The van der Waals surface area contributed by atoms with Gasteiger partial charge in [-0.2, -0.15) is 0 Å². The quantitative estimate of drug-likeness (QED) is 0.0484. The van der Waals surface area contributed by atoms with Crippen molar-refractivity contribution in [2.75, 3.05) is 22.9 Å². The third-order valence-electron chi connectivity index (χ3n) is 12.0. The summed E-state index contributed by atoms with van der Waals surface area (Å²) in [6.45, 7) is 10.6. The second-order valence-corrected chi connectivity index (χ2v) is 18.9. The van der Waals surface area contributed by atoms with Crippen molar-refractivity contribution in [2.24, 2.45) is 11.8 Å². The summed E-state index contributed by atoms with van der Waals surface area (Å²) in [6.07, 6.45) is 30.2. The number of unbranched alkanes of at least 4 members (excludes halogenated alkanes) is 16. The van der Waals surface area contributed by atoms with Crippen LogP contribution in [0.25, 0.3) is 11.1 Å². The molecule has 0 fully saturated rings. The van der Waals surface area contributed by atoms with Gasteiger partial charge in [-0.3, -0.25) is 9.59 Å². The zero-order chi connectivity index (χ0) is 38.7. The van der Waals surface area contributed by atoms with E-state index in [0.717, 1.165) is 55.6 Å². The average Bonchev–Trinajstić information content (AvgIpc) is 3.57. The fraction of sp³-hybridized carbons (Fsp3) is 0.667. The monoisotopic (exact) mass is 962 g/mol. The number of hydrogen-bond acceptors (Lipinski definition) is 2. The molecule has 300 valence electrons. The summed E-state index contributed by atoms with van der Waals surface area (Å²) < 4.78 is 2.25.